The zero-order valence-electron chi connectivity index (χ0n) is 17.6. The van der Waals surface area contributed by atoms with Crippen LogP contribution >= 0.6 is 0 Å². The second-order valence-electron chi connectivity index (χ2n) is 9.19. The van der Waals surface area contributed by atoms with Gasteiger partial charge in [0.2, 0.25) is 5.91 Å². The van der Waals surface area contributed by atoms with Crippen molar-refractivity contribution in [3.8, 4) is 0 Å². The van der Waals surface area contributed by atoms with Crippen molar-refractivity contribution >= 4 is 5.91 Å². The van der Waals surface area contributed by atoms with Crippen LogP contribution in [0.25, 0.3) is 0 Å². The molecule has 1 aromatic carbocycles. The van der Waals surface area contributed by atoms with Crippen molar-refractivity contribution in [1.82, 2.24) is 14.7 Å². The van der Waals surface area contributed by atoms with Crippen LogP contribution in [0.15, 0.2) is 30.3 Å². The Labute approximate surface area is 170 Å². The Balaban J connectivity index is 1.19. The molecule has 0 aliphatic carbocycles. The van der Waals surface area contributed by atoms with Gasteiger partial charge in [-0.2, -0.15) is 0 Å². The van der Waals surface area contributed by atoms with Crippen molar-refractivity contribution in [1.29, 1.82) is 0 Å². The minimum atomic E-state index is 0.293. The summed E-state index contributed by atoms with van der Waals surface area (Å²) in [5.74, 6) is 1.34. The van der Waals surface area contributed by atoms with Crippen molar-refractivity contribution in [3.05, 3.63) is 35.9 Å². The number of carbonyl (C=O) groups excluding carboxylic acids is 1. The highest BCUT2D eigenvalue weighted by Gasteiger charge is 2.33. The molecule has 0 radical (unpaired) electrons. The molecule has 3 saturated heterocycles. The maximum Gasteiger partial charge on any atom is 0.225 e. The van der Waals surface area contributed by atoms with Gasteiger partial charge in [0, 0.05) is 31.6 Å². The number of hydrogen-bond donors (Lipinski definition) is 0. The molecule has 154 valence electrons. The first-order valence-corrected chi connectivity index (χ1v) is 11.5. The molecule has 1 unspecified atom stereocenters. The van der Waals surface area contributed by atoms with E-state index in [1.807, 2.05) is 0 Å². The van der Waals surface area contributed by atoms with E-state index in [0.717, 1.165) is 45.1 Å². The molecule has 0 saturated carbocycles. The number of rotatable bonds is 5. The van der Waals surface area contributed by atoms with Gasteiger partial charge in [0.05, 0.1) is 0 Å². The van der Waals surface area contributed by atoms with E-state index in [0.29, 0.717) is 17.7 Å². The van der Waals surface area contributed by atoms with Gasteiger partial charge >= 0.3 is 0 Å². The Morgan fingerprint density at radius 2 is 1.57 bits per heavy atom. The van der Waals surface area contributed by atoms with Crippen LogP contribution in [-0.4, -0.2) is 72.5 Å². The summed E-state index contributed by atoms with van der Waals surface area (Å²) in [6.45, 7) is 10.2. The highest BCUT2D eigenvalue weighted by atomic mass is 16.2. The smallest absolute Gasteiger partial charge is 0.225 e. The third-order valence-corrected chi connectivity index (χ3v) is 7.27. The predicted octanol–water partition coefficient (Wildman–Crippen LogP) is 3.59. The molecule has 0 bridgehead atoms. The zero-order chi connectivity index (χ0) is 19.3. The van der Waals surface area contributed by atoms with Gasteiger partial charge < -0.3 is 14.7 Å². The van der Waals surface area contributed by atoms with Crippen LogP contribution in [0.2, 0.25) is 0 Å². The Bertz CT molecular complexity index is 612. The van der Waals surface area contributed by atoms with Gasteiger partial charge in [-0.1, -0.05) is 37.3 Å². The highest BCUT2D eigenvalue weighted by molar-refractivity contribution is 5.79. The van der Waals surface area contributed by atoms with E-state index in [-0.39, 0.29) is 0 Å². The van der Waals surface area contributed by atoms with Gasteiger partial charge in [-0.15, -0.1) is 0 Å². The van der Waals surface area contributed by atoms with Crippen LogP contribution in [-0.2, 0) is 4.79 Å². The Morgan fingerprint density at radius 3 is 2.21 bits per heavy atom. The van der Waals surface area contributed by atoms with E-state index in [1.165, 1.54) is 50.9 Å². The molecule has 3 heterocycles. The largest absolute Gasteiger partial charge is 0.342 e. The highest BCUT2D eigenvalue weighted by Crippen LogP contribution is 2.27. The van der Waals surface area contributed by atoms with E-state index in [9.17, 15) is 4.79 Å². The van der Waals surface area contributed by atoms with Crippen LogP contribution in [0.4, 0.5) is 0 Å². The van der Waals surface area contributed by atoms with Crippen LogP contribution in [0.1, 0.15) is 56.9 Å². The molecule has 3 fully saturated rings. The number of amides is 1. The maximum atomic E-state index is 12.6. The minimum Gasteiger partial charge on any atom is -0.342 e. The quantitative estimate of drug-likeness (QED) is 0.777. The number of likely N-dealkylation sites (tertiary alicyclic amines) is 3. The van der Waals surface area contributed by atoms with Crippen LogP contribution in [0.3, 0.4) is 0 Å². The van der Waals surface area contributed by atoms with Crippen LogP contribution in [0.5, 0.6) is 0 Å². The molecule has 0 spiro atoms. The standard InChI is InChI=1S/C24H37N3O/c1-20(21-7-3-2-4-8-21)19-25-15-11-23(12-16-25)26-17-9-22(10-18-26)24(28)27-13-5-6-14-27/h2-4,7-8,20,22-23H,5-6,9-19H2,1H3. The maximum absolute atomic E-state index is 12.6. The summed E-state index contributed by atoms with van der Waals surface area (Å²) in [6.07, 6.45) is 7.11. The van der Waals surface area contributed by atoms with Gasteiger partial charge in [-0.25, -0.2) is 0 Å². The summed E-state index contributed by atoms with van der Waals surface area (Å²) in [5, 5.41) is 0. The van der Waals surface area contributed by atoms with E-state index >= 15 is 0 Å². The molecule has 1 amide bonds. The minimum absolute atomic E-state index is 0.293. The van der Waals surface area contributed by atoms with Gasteiger partial charge in [0.15, 0.2) is 0 Å². The summed E-state index contributed by atoms with van der Waals surface area (Å²) in [5.41, 5.74) is 1.45. The molecule has 0 N–H and O–H groups in total. The Kier molecular flexibility index (Phi) is 6.69. The lowest BCUT2D eigenvalue weighted by molar-refractivity contribution is -0.136. The molecule has 4 nitrogen and oxygen atoms in total. The summed E-state index contributed by atoms with van der Waals surface area (Å²) in [6, 6.07) is 11.6. The van der Waals surface area contributed by atoms with Crippen molar-refractivity contribution in [2.75, 3.05) is 45.8 Å². The number of nitrogens with zero attached hydrogens (tertiary/aromatic N) is 3. The van der Waals surface area contributed by atoms with Crippen molar-refractivity contribution in [2.24, 2.45) is 5.92 Å². The summed E-state index contributed by atoms with van der Waals surface area (Å²) in [4.78, 5) is 20.1. The number of benzene rings is 1. The first-order valence-electron chi connectivity index (χ1n) is 11.5. The molecule has 4 heteroatoms. The molecular formula is C24H37N3O. The molecule has 4 rings (SSSR count). The molecule has 1 aromatic rings. The molecule has 3 aliphatic heterocycles. The Morgan fingerprint density at radius 1 is 0.929 bits per heavy atom. The summed E-state index contributed by atoms with van der Waals surface area (Å²) in [7, 11) is 0. The molecule has 28 heavy (non-hydrogen) atoms. The van der Waals surface area contributed by atoms with E-state index in [2.05, 4.69) is 52.0 Å². The van der Waals surface area contributed by atoms with Crippen molar-refractivity contribution in [3.63, 3.8) is 0 Å². The van der Waals surface area contributed by atoms with Crippen LogP contribution in [0, 0.1) is 5.92 Å². The fraction of sp³-hybridized carbons (Fsp3) is 0.708. The SMILES string of the molecule is CC(CN1CCC(N2CCC(C(=O)N3CCCC3)CC2)CC1)c1ccccc1. The fourth-order valence-electron chi connectivity index (χ4n) is 5.45. The van der Waals surface area contributed by atoms with Crippen molar-refractivity contribution < 1.29 is 4.79 Å². The molecular weight excluding hydrogens is 346 g/mol. The lowest BCUT2D eigenvalue weighted by atomic mass is 9.92. The van der Waals surface area contributed by atoms with Crippen molar-refractivity contribution in [2.45, 2.75) is 57.4 Å². The Hall–Kier alpha value is -1.39. The third-order valence-electron chi connectivity index (χ3n) is 7.27. The third kappa shape index (κ3) is 4.77. The first kappa shape index (κ1) is 19.9. The summed E-state index contributed by atoms with van der Waals surface area (Å²) >= 11 is 0. The van der Waals surface area contributed by atoms with Gasteiger partial charge in [0.1, 0.15) is 0 Å². The lowest BCUT2D eigenvalue weighted by Crippen LogP contribution is -2.49. The number of carbonyl (C=O) groups is 1. The zero-order valence-corrected chi connectivity index (χ0v) is 17.6. The lowest BCUT2D eigenvalue weighted by Gasteiger charge is -2.42. The van der Waals surface area contributed by atoms with E-state index < -0.39 is 0 Å². The van der Waals surface area contributed by atoms with E-state index in [1.54, 1.807) is 0 Å². The second-order valence-corrected chi connectivity index (χ2v) is 9.19. The molecule has 3 aliphatic rings. The van der Waals surface area contributed by atoms with Gasteiger partial charge in [-0.3, -0.25) is 4.79 Å². The normalized spacial score (nSPS) is 24.5. The molecule has 0 aromatic heterocycles. The number of piperidine rings is 2. The summed E-state index contributed by atoms with van der Waals surface area (Å²) < 4.78 is 0. The fourth-order valence-corrected chi connectivity index (χ4v) is 5.45. The average molecular weight is 384 g/mol. The first-order chi connectivity index (χ1) is 13.7. The topological polar surface area (TPSA) is 26.8 Å². The van der Waals surface area contributed by atoms with Gasteiger partial charge in [0.25, 0.3) is 0 Å². The van der Waals surface area contributed by atoms with Gasteiger partial charge in [-0.05, 0) is 76.2 Å². The second kappa shape index (κ2) is 9.41. The monoisotopic (exact) mass is 383 g/mol. The molecule has 1 atom stereocenters. The van der Waals surface area contributed by atoms with E-state index in [4.69, 9.17) is 0 Å². The van der Waals surface area contributed by atoms with Crippen LogP contribution < -0.4 is 0 Å². The predicted molar refractivity (Wildman–Crippen MR) is 114 cm³/mol. The number of hydrogen-bond acceptors (Lipinski definition) is 3. The average Bonchev–Trinajstić information content (AvgIpc) is 3.29.